The molecule has 2 aliphatic rings. The van der Waals surface area contributed by atoms with Crippen LogP contribution in [0.1, 0.15) is 37.5 Å². The van der Waals surface area contributed by atoms with E-state index in [0.29, 0.717) is 17.9 Å². The molecule has 118 valence electrons. The minimum Gasteiger partial charge on any atom is -0.354 e. The van der Waals surface area contributed by atoms with Crippen LogP contribution in [-0.2, 0) is 0 Å². The fourth-order valence-electron chi connectivity index (χ4n) is 4.28. The minimum atomic E-state index is -1.50. The predicted molar refractivity (Wildman–Crippen MR) is 102 cm³/mol. The summed E-state index contributed by atoms with van der Waals surface area (Å²) >= 11 is 0. The highest BCUT2D eigenvalue weighted by Gasteiger charge is 2.61. The van der Waals surface area contributed by atoms with Crippen LogP contribution in [0.3, 0.4) is 0 Å². The molecule has 3 heteroatoms. The molecule has 1 fully saturated rings. The Labute approximate surface area is 138 Å². The maximum Gasteiger partial charge on any atom is 0.260 e. The lowest BCUT2D eigenvalue weighted by atomic mass is 9.33. The second-order valence-electron chi connectivity index (χ2n) is 8.93. The van der Waals surface area contributed by atoms with Crippen molar-refractivity contribution in [2.45, 2.75) is 71.5 Å². The van der Waals surface area contributed by atoms with Crippen molar-refractivity contribution in [2.75, 3.05) is 0 Å². The summed E-state index contributed by atoms with van der Waals surface area (Å²) in [6, 6.07) is 5.43. The van der Waals surface area contributed by atoms with Gasteiger partial charge in [0.2, 0.25) is 0 Å². The standard InChI is InChI=1S/C19H30BNSi/c1-13-11-14(2)18(15(3)12-13)20-16-9-10-17(16)21(20)22(7,8)19(4,5)6/h9-12,16-17H,1-8H3. The van der Waals surface area contributed by atoms with Crippen molar-refractivity contribution >= 4 is 20.5 Å². The highest BCUT2D eigenvalue weighted by molar-refractivity contribution is 6.93. The molecule has 2 unspecified atom stereocenters. The number of aryl methyl sites for hydroxylation is 3. The lowest BCUT2D eigenvalue weighted by Gasteiger charge is -2.65. The second-order valence-corrected chi connectivity index (χ2v) is 14.1. The van der Waals surface area contributed by atoms with Crippen molar-refractivity contribution < 1.29 is 0 Å². The van der Waals surface area contributed by atoms with E-state index < -0.39 is 8.24 Å². The Kier molecular flexibility index (Phi) is 3.54. The molecule has 22 heavy (non-hydrogen) atoms. The Bertz CT molecular complexity index is 618. The normalized spacial score (nSPS) is 24.8. The van der Waals surface area contributed by atoms with Crippen LogP contribution in [0.2, 0.25) is 23.9 Å². The van der Waals surface area contributed by atoms with Gasteiger partial charge in [-0.3, -0.25) is 0 Å². The van der Waals surface area contributed by atoms with Crippen molar-refractivity contribution in [1.82, 2.24) is 4.48 Å². The van der Waals surface area contributed by atoms with Crippen molar-refractivity contribution in [3.8, 4) is 0 Å². The number of hydrogen-bond acceptors (Lipinski definition) is 1. The van der Waals surface area contributed by atoms with E-state index in [0.717, 1.165) is 5.82 Å². The van der Waals surface area contributed by atoms with E-state index in [9.17, 15) is 0 Å². The lowest BCUT2D eigenvalue weighted by Crippen LogP contribution is -2.80. The first-order valence-corrected chi connectivity index (χ1v) is 11.5. The van der Waals surface area contributed by atoms with Crippen LogP contribution in [0.25, 0.3) is 0 Å². The van der Waals surface area contributed by atoms with Gasteiger partial charge in [0, 0.05) is 6.04 Å². The fourth-order valence-corrected chi connectivity index (χ4v) is 7.05. The summed E-state index contributed by atoms with van der Waals surface area (Å²) < 4.78 is 2.91. The van der Waals surface area contributed by atoms with Crippen LogP contribution >= 0.6 is 0 Å². The third-order valence-electron chi connectivity index (χ3n) is 6.43. The van der Waals surface area contributed by atoms with Gasteiger partial charge in [0.25, 0.3) is 6.85 Å². The summed E-state index contributed by atoms with van der Waals surface area (Å²) in [6.07, 6.45) is 4.87. The molecule has 0 bridgehead atoms. The molecule has 0 N–H and O–H groups in total. The zero-order valence-corrected chi connectivity index (χ0v) is 16.5. The predicted octanol–water partition coefficient (Wildman–Crippen LogP) is 4.44. The summed E-state index contributed by atoms with van der Waals surface area (Å²) in [5.41, 5.74) is 5.94. The number of rotatable bonds is 2. The van der Waals surface area contributed by atoms with Gasteiger partial charge in [0.15, 0.2) is 0 Å². The Morgan fingerprint density at radius 3 is 1.95 bits per heavy atom. The van der Waals surface area contributed by atoms with Gasteiger partial charge in [-0.05, 0) is 31.6 Å². The fraction of sp³-hybridized carbons (Fsp3) is 0.579. The van der Waals surface area contributed by atoms with Gasteiger partial charge in [-0.1, -0.05) is 80.3 Å². The monoisotopic (exact) mass is 311 g/mol. The molecule has 1 aliphatic carbocycles. The number of nitrogens with zero attached hydrogens (tertiary/aromatic N) is 1. The Hall–Kier alpha value is -0.798. The van der Waals surface area contributed by atoms with Crippen LogP contribution < -0.4 is 5.46 Å². The zero-order chi connectivity index (χ0) is 16.4. The largest absolute Gasteiger partial charge is 0.354 e. The quantitative estimate of drug-likeness (QED) is 0.576. The first-order valence-electron chi connectivity index (χ1n) is 8.60. The summed E-state index contributed by atoms with van der Waals surface area (Å²) in [5, 5.41) is 0.395. The second kappa shape index (κ2) is 4.85. The lowest BCUT2D eigenvalue weighted by molar-refractivity contribution is 0.391. The third kappa shape index (κ3) is 2.09. The van der Waals surface area contributed by atoms with Gasteiger partial charge in [-0.15, -0.1) is 0 Å². The number of hydrogen-bond donors (Lipinski definition) is 0. The highest BCUT2D eigenvalue weighted by atomic mass is 28.3. The summed E-state index contributed by atoms with van der Waals surface area (Å²) in [5.74, 6) is 0.745. The Balaban J connectivity index is 2.06. The molecule has 2 atom stereocenters. The molecular formula is C19H30BNSi. The van der Waals surface area contributed by atoms with Gasteiger partial charge < -0.3 is 4.48 Å². The van der Waals surface area contributed by atoms with Gasteiger partial charge in [-0.2, -0.15) is 0 Å². The third-order valence-corrected chi connectivity index (χ3v) is 12.0. The van der Waals surface area contributed by atoms with Crippen molar-refractivity contribution in [3.05, 3.63) is 41.0 Å². The minimum absolute atomic E-state index is 0.395. The van der Waals surface area contributed by atoms with E-state index in [1.807, 2.05) is 0 Å². The molecule has 0 aromatic heterocycles. The molecule has 1 nitrogen and oxygen atoms in total. The molecule has 1 aliphatic heterocycles. The van der Waals surface area contributed by atoms with Gasteiger partial charge in [0.1, 0.15) is 8.24 Å². The first-order chi connectivity index (χ1) is 10.1. The zero-order valence-electron chi connectivity index (χ0n) is 15.5. The molecule has 0 amide bonds. The summed E-state index contributed by atoms with van der Waals surface area (Å²) in [7, 11) is -1.50. The molecule has 3 rings (SSSR count). The van der Waals surface area contributed by atoms with Crippen LogP contribution in [0, 0.1) is 20.8 Å². The molecule has 0 radical (unpaired) electrons. The van der Waals surface area contributed by atoms with Crippen LogP contribution in [0.4, 0.5) is 0 Å². The van der Waals surface area contributed by atoms with E-state index in [1.165, 1.54) is 16.7 Å². The number of fused-ring (bicyclic) bond motifs is 1. The molecular weight excluding hydrogens is 281 g/mol. The van der Waals surface area contributed by atoms with E-state index in [1.54, 1.807) is 5.46 Å². The van der Waals surface area contributed by atoms with Crippen molar-refractivity contribution in [2.24, 2.45) is 0 Å². The van der Waals surface area contributed by atoms with Crippen molar-refractivity contribution in [1.29, 1.82) is 0 Å². The van der Waals surface area contributed by atoms with Crippen LogP contribution in [0.15, 0.2) is 24.3 Å². The van der Waals surface area contributed by atoms with Crippen LogP contribution in [0.5, 0.6) is 0 Å². The molecule has 1 aromatic rings. The van der Waals surface area contributed by atoms with Crippen molar-refractivity contribution in [3.63, 3.8) is 0 Å². The topological polar surface area (TPSA) is 3.24 Å². The van der Waals surface area contributed by atoms with E-state index >= 15 is 0 Å². The summed E-state index contributed by atoms with van der Waals surface area (Å²) in [6.45, 7) is 19.8. The van der Waals surface area contributed by atoms with Crippen LogP contribution in [-0.4, -0.2) is 25.6 Å². The Morgan fingerprint density at radius 1 is 1.00 bits per heavy atom. The maximum atomic E-state index is 2.91. The Morgan fingerprint density at radius 2 is 1.55 bits per heavy atom. The van der Waals surface area contributed by atoms with E-state index in [-0.39, 0.29) is 0 Å². The molecule has 1 saturated heterocycles. The molecule has 1 heterocycles. The van der Waals surface area contributed by atoms with Gasteiger partial charge in [-0.25, -0.2) is 0 Å². The summed E-state index contributed by atoms with van der Waals surface area (Å²) in [4.78, 5) is 0. The SMILES string of the molecule is Cc1cc(C)c(B2C3C=CC3N2[Si](C)(C)C(C)(C)C)c(C)c1. The molecule has 1 aromatic carbocycles. The van der Waals surface area contributed by atoms with Gasteiger partial charge in [0.05, 0.1) is 0 Å². The average Bonchev–Trinajstić information content (AvgIpc) is 2.30. The van der Waals surface area contributed by atoms with E-state index in [2.05, 4.69) is 83.4 Å². The molecule has 0 spiro atoms. The van der Waals surface area contributed by atoms with Gasteiger partial charge >= 0.3 is 0 Å². The first kappa shape index (κ1) is 16.1. The number of benzene rings is 1. The average molecular weight is 311 g/mol. The smallest absolute Gasteiger partial charge is 0.260 e. The maximum absolute atomic E-state index is 2.91. The van der Waals surface area contributed by atoms with E-state index in [4.69, 9.17) is 0 Å². The molecule has 0 saturated carbocycles. The highest BCUT2D eigenvalue weighted by Crippen LogP contribution is 2.52.